The third kappa shape index (κ3) is 2.74. The first-order chi connectivity index (χ1) is 13.7. The van der Waals surface area contributed by atoms with Gasteiger partial charge in [-0.15, -0.1) is 0 Å². The minimum absolute atomic E-state index is 0.0615. The predicted octanol–water partition coefficient (Wildman–Crippen LogP) is 1.34. The Morgan fingerprint density at radius 3 is 2.68 bits per heavy atom. The zero-order valence-electron chi connectivity index (χ0n) is 15.5. The number of hydrogen-bond donors (Lipinski definition) is 2. The summed E-state index contributed by atoms with van der Waals surface area (Å²) in [7, 11) is 1.57. The third-order valence-corrected chi connectivity index (χ3v) is 5.96. The monoisotopic (exact) mass is 379 g/mol. The first-order valence-electron chi connectivity index (χ1n) is 9.48. The minimum atomic E-state index is -0.269. The van der Waals surface area contributed by atoms with Crippen molar-refractivity contribution in [1.82, 2.24) is 15.6 Å². The van der Waals surface area contributed by atoms with Crippen LogP contribution in [0.2, 0.25) is 0 Å². The summed E-state index contributed by atoms with van der Waals surface area (Å²) in [5.41, 5.74) is 2.70. The van der Waals surface area contributed by atoms with Gasteiger partial charge in [-0.05, 0) is 23.8 Å². The van der Waals surface area contributed by atoms with E-state index in [0.29, 0.717) is 48.5 Å². The van der Waals surface area contributed by atoms with E-state index in [1.807, 2.05) is 18.2 Å². The van der Waals surface area contributed by atoms with Gasteiger partial charge in [0.15, 0.2) is 0 Å². The number of pyridine rings is 1. The molecule has 144 valence electrons. The van der Waals surface area contributed by atoms with Crippen molar-refractivity contribution in [1.29, 1.82) is 0 Å². The quantitative estimate of drug-likeness (QED) is 0.837. The van der Waals surface area contributed by atoms with E-state index in [0.717, 1.165) is 11.1 Å². The van der Waals surface area contributed by atoms with Crippen molar-refractivity contribution < 1.29 is 19.1 Å². The van der Waals surface area contributed by atoms with Crippen LogP contribution in [0.15, 0.2) is 36.7 Å². The summed E-state index contributed by atoms with van der Waals surface area (Å²) in [5, 5.41) is 5.74. The Hall–Kier alpha value is -2.93. The molecule has 2 amide bonds. The Morgan fingerprint density at radius 1 is 1.14 bits per heavy atom. The van der Waals surface area contributed by atoms with Gasteiger partial charge in [-0.1, -0.05) is 6.07 Å². The van der Waals surface area contributed by atoms with Gasteiger partial charge in [0.1, 0.15) is 5.75 Å². The molecule has 0 radical (unpaired) electrons. The molecule has 5 rings (SSSR count). The lowest BCUT2D eigenvalue weighted by atomic mass is 9.91. The highest BCUT2D eigenvalue weighted by Crippen LogP contribution is 2.45. The van der Waals surface area contributed by atoms with E-state index in [4.69, 9.17) is 9.47 Å². The number of amides is 2. The van der Waals surface area contributed by atoms with Crippen molar-refractivity contribution in [2.45, 2.75) is 12.0 Å². The van der Waals surface area contributed by atoms with Crippen molar-refractivity contribution in [3.8, 4) is 5.75 Å². The predicted molar refractivity (Wildman–Crippen MR) is 100 cm³/mol. The van der Waals surface area contributed by atoms with Crippen LogP contribution in [0.1, 0.15) is 37.8 Å². The lowest BCUT2D eigenvalue weighted by Crippen LogP contribution is -2.30. The molecular weight excluding hydrogens is 358 g/mol. The van der Waals surface area contributed by atoms with Crippen LogP contribution in [0.4, 0.5) is 0 Å². The van der Waals surface area contributed by atoms with Gasteiger partial charge >= 0.3 is 0 Å². The van der Waals surface area contributed by atoms with E-state index in [1.165, 1.54) is 0 Å². The average Bonchev–Trinajstić information content (AvgIpc) is 3.10. The maximum absolute atomic E-state index is 12.9. The minimum Gasteiger partial charge on any atom is -0.491 e. The summed E-state index contributed by atoms with van der Waals surface area (Å²) in [6.45, 7) is 1.83. The van der Waals surface area contributed by atoms with Gasteiger partial charge < -0.3 is 20.1 Å². The molecule has 1 aromatic carbocycles. The fraction of sp³-hybridized carbons (Fsp3) is 0.381. The SMILES string of the molecule is CNC(=O)c1cc(C(=O)N[C@H]2[C@@H]3COC[C@@H]32)cc2c1OCC2c1cccnc1. The van der Waals surface area contributed by atoms with Crippen LogP contribution in [0, 0.1) is 11.8 Å². The van der Waals surface area contributed by atoms with E-state index >= 15 is 0 Å². The molecule has 2 aromatic rings. The fourth-order valence-electron chi connectivity index (χ4n) is 4.31. The normalized spacial score (nSPS) is 26.8. The molecule has 2 fully saturated rings. The Kier molecular flexibility index (Phi) is 4.05. The number of nitrogens with zero attached hydrogens (tertiary/aromatic N) is 1. The maximum atomic E-state index is 12.9. The number of ether oxygens (including phenoxy) is 2. The van der Waals surface area contributed by atoms with Gasteiger partial charge in [0, 0.05) is 54.4 Å². The highest BCUT2D eigenvalue weighted by atomic mass is 16.5. The number of benzene rings is 1. The Balaban J connectivity index is 1.50. The van der Waals surface area contributed by atoms with E-state index in [1.54, 1.807) is 25.5 Å². The highest BCUT2D eigenvalue weighted by molar-refractivity contribution is 6.02. The molecule has 1 aromatic heterocycles. The van der Waals surface area contributed by atoms with Crippen LogP contribution in [0.5, 0.6) is 5.75 Å². The van der Waals surface area contributed by atoms with Crippen LogP contribution in [-0.2, 0) is 4.74 Å². The summed E-state index contributed by atoms with van der Waals surface area (Å²) in [5.74, 6) is 0.889. The number of fused-ring (bicyclic) bond motifs is 2. The number of hydrogen-bond acceptors (Lipinski definition) is 5. The third-order valence-electron chi connectivity index (χ3n) is 5.96. The molecular formula is C21H21N3O4. The molecule has 7 nitrogen and oxygen atoms in total. The van der Waals surface area contributed by atoms with E-state index in [2.05, 4.69) is 15.6 Å². The van der Waals surface area contributed by atoms with Gasteiger partial charge in [0.25, 0.3) is 11.8 Å². The van der Waals surface area contributed by atoms with Gasteiger partial charge in [-0.3, -0.25) is 14.6 Å². The molecule has 0 bridgehead atoms. The van der Waals surface area contributed by atoms with Crippen molar-refractivity contribution >= 4 is 11.8 Å². The summed E-state index contributed by atoms with van der Waals surface area (Å²) < 4.78 is 11.3. The van der Waals surface area contributed by atoms with Crippen LogP contribution >= 0.6 is 0 Å². The van der Waals surface area contributed by atoms with Gasteiger partial charge in [-0.2, -0.15) is 0 Å². The molecule has 4 atom stereocenters. The Labute approximate surface area is 162 Å². The lowest BCUT2D eigenvalue weighted by molar-refractivity contribution is 0.0929. The van der Waals surface area contributed by atoms with Crippen molar-refractivity contribution in [2.75, 3.05) is 26.9 Å². The van der Waals surface area contributed by atoms with Crippen molar-refractivity contribution in [3.63, 3.8) is 0 Å². The van der Waals surface area contributed by atoms with Gasteiger partial charge in [-0.25, -0.2) is 0 Å². The maximum Gasteiger partial charge on any atom is 0.254 e. The first kappa shape index (κ1) is 17.2. The van der Waals surface area contributed by atoms with E-state index in [9.17, 15) is 9.59 Å². The topological polar surface area (TPSA) is 89.6 Å². The lowest BCUT2D eigenvalue weighted by Gasteiger charge is -2.13. The smallest absolute Gasteiger partial charge is 0.254 e. The number of rotatable bonds is 4. The zero-order chi connectivity index (χ0) is 19.3. The summed E-state index contributed by atoms with van der Waals surface area (Å²) >= 11 is 0. The molecule has 3 aliphatic rings. The second-order valence-electron chi connectivity index (χ2n) is 7.54. The van der Waals surface area contributed by atoms with Crippen LogP contribution in [-0.4, -0.2) is 49.7 Å². The molecule has 7 heteroatoms. The molecule has 1 unspecified atom stereocenters. The van der Waals surface area contributed by atoms with Crippen LogP contribution in [0.25, 0.3) is 0 Å². The summed E-state index contributed by atoms with van der Waals surface area (Å²) in [6.07, 6.45) is 3.51. The number of nitrogens with one attached hydrogen (secondary N) is 2. The summed E-state index contributed by atoms with van der Waals surface area (Å²) in [6, 6.07) is 7.48. The second-order valence-corrected chi connectivity index (χ2v) is 7.54. The molecule has 1 saturated carbocycles. The van der Waals surface area contributed by atoms with Crippen molar-refractivity contribution in [3.05, 3.63) is 58.9 Å². The highest BCUT2D eigenvalue weighted by Gasteiger charge is 2.54. The molecule has 28 heavy (non-hydrogen) atoms. The molecule has 2 N–H and O–H groups in total. The standard InChI is InChI=1S/C21H21N3O4/c1-22-21(26)14-6-12(20(25)24-18-16-8-27-9-17(16)18)5-13-15(10-28-19(13)14)11-3-2-4-23-7-11/h2-7,15-18H,8-10H2,1H3,(H,22,26)(H,24,25)/t15?,16-,17+,18+. The Bertz CT molecular complexity index is 936. The number of aromatic nitrogens is 1. The Morgan fingerprint density at radius 2 is 1.96 bits per heavy atom. The van der Waals surface area contributed by atoms with Crippen LogP contribution < -0.4 is 15.4 Å². The molecule has 1 saturated heterocycles. The van der Waals surface area contributed by atoms with Gasteiger partial charge in [0.2, 0.25) is 0 Å². The second kappa shape index (κ2) is 6.60. The van der Waals surface area contributed by atoms with Gasteiger partial charge in [0.05, 0.1) is 25.4 Å². The average molecular weight is 379 g/mol. The van der Waals surface area contributed by atoms with E-state index in [-0.39, 0.29) is 23.8 Å². The number of carbonyl (C=O) groups excluding carboxylic acids is 2. The van der Waals surface area contributed by atoms with Crippen LogP contribution in [0.3, 0.4) is 0 Å². The summed E-state index contributed by atoms with van der Waals surface area (Å²) in [4.78, 5) is 29.5. The molecule has 3 heterocycles. The number of carbonyl (C=O) groups is 2. The molecule has 2 aliphatic heterocycles. The first-order valence-corrected chi connectivity index (χ1v) is 9.48. The largest absolute Gasteiger partial charge is 0.491 e. The molecule has 0 spiro atoms. The molecule has 1 aliphatic carbocycles. The van der Waals surface area contributed by atoms with Crippen molar-refractivity contribution in [2.24, 2.45) is 11.8 Å². The zero-order valence-corrected chi connectivity index (χ0v) is 15.5. The van der Waals surface area contributed by atoms with E-state index < -0.39 is 0 Å². The fourth-order valence-corrected chi connectivity index (χ4v) is 4.31.